The van der Waals surface area contributed by atoms with Crippen molar-refractivity contribution in [3.8, 4) is 0 Å². The topological polar surface area (TPSA) is 34.1 Å². The van der Waals surface area contributed by atoms with Crippen molar-refractivity contribution in [2.24, 2.45) is 0 Å². The summed E-state index contributed by atoms with van der Waals surface area (Å²) in [7, 11) is 0. The molecule has 0 N–H and O–H groups in total. The summed E-state index contributed by atoms with van der Waals surface area (Å²) in [6.45, 7) is 0. The summed E-state index contributed by atoms with van der Waals surface area (Å²) in [5.41, 5.74) is 1.33. The van der Waals surface area contributed by atoms with Gasteiger partial charge in [-0.25, -0.2) is 0 Å². The van der Waals surface area contributed by atoms with Gasteiger partial charge in [0.25, 0.3) is 0 Å². The van der Waals surface area contributed by atoms with E-state index in [0.29, 0.717) is 5.56 Å². The number of Topliss-reactive ketones (excluding diaryl/α,β-unsaturated/α-hetero) is 1. The number of carbonyl (C=O) groups excluding carboxylic acids is 2. The van der Waals surface area contributed by atoms with E-state index in [-0.39, 0.29) is 12.4 Å². The van der Waals surface area contributed by atoms with Crippen LogP contribution in [0.1, 0.15) is 15.9 Å². The number of allylic oxidation sites excluding steroid dienone is 1. The molecule has 0 aliphatic heterocycles. The Kier molecular flexibility index (Phi) is 2.63. The van der Waals surface area contributed by atoms with Crippen LogP contribution in [0.3, 0.4) is 0 Å². The van der Waals surface area contributed by atoms with Crippen LogP contribution in [0.15, 0.2) is 30.3 Å². The molecule has 0 unspecified atom stereocenters. The molecule has 3 heteroatoms. The molecule has 1 aliphatic carbocycles. The van der Waals surface area contributed by atoms with Crippen molar-refractivity contribution in [3.05, 3.63) is 41.5 Å². The Labute approximate surface area is 81.7 Å². The van der Waals surface area contributed by atoms with E-state index < -0.39 is 11.6 Å². The van der Waals surface area contributed by atoms with Crippen LogP contribution >= 0.6 is 12.4 Å². The van der Waals surface area contributed by atoms with Crippen LogP contribution in [0, 0.1) is 0 Å². The van der Waals surface area contributed by atoms with Crippen LogP contribution in [0.5, 0.6) is 0 Å². The summed E-state index contributed by atoms with van der Waals surface area (Å²) >= 11 is 0. The average molecular weight is 195 g/mol. The number of ketones is 2. The maximum absolute atomic E-state index is 11.2. The molecule has 0 saturated heterocycles. The van der Waals surface area contributed by atoms with Crippen LogP contribution in [-0.2, 0) is 4.79 Å². The molecule has 0 fully saturated rings. The Bertz CT molecular complexity index is 394. The monoisotopic (exact) mass is 194 g/mol. The van der Waals surface area contributed by atoms with Crippen LogP contribution in [-0.4, -0.2) is 11.6 Å². The summed E-state index contributed by atoms with van der Waals surface area (Å²) in [6, 6.07) is 7.07. The van der Waals surface area contributed by atoms with E-state index in [4.69, 9.17) is 0 Å². The SMILES string of the molecule is Cl.O=C1C=Cc2ccccc2C1=O. The van der Waals surface area contributed by atoms with Crippen molar-refractivity contribution in [1.82, 2.24) is 0 Å². The molecule has 0 atom stereocenters. The lowest BCUT2D eigenvalue weighted by Gasteiger charge is -2.06. The molecule has 1 aliphatic rings. The zero-order chi connectivity index (χ0) is 8.55. The number of fused-ring (bicyclic) bond motifs is 1. The van der Waals surface area contributed by atoms with Gasteiger partial charge in [0.2, 0.25) is 11.6 Å². The van der Waals surface area contributed by atoms with E-state index in [2.05, 4.69) is 0 Å². The van der Waals surface area contributed by atoms with Gasteiger partial charge in [0.1, 0.15) is 0 Å². The predicted molar refractivity (Wildman–Crippen MR) is 52.1 cm³/mol. The molecule has 0 saturated carbocycles. The fourth-order valence-electron chi connectivity index (χ4n) is 1.22. The second kappa shape index (κ2) is 3.54. The van der Waals surface area contributed by atoms with Crippen molar-refractivity contribution in [2.75, 3.05) is 0 Å². The first-order chi connectivity index (χ1) is 5.79. The fraction of sp³-hybridized carbons (Fsp3) is 0. The predicted octanol–water partition coefficient (Wildman–Crippen LogP) is 1.89. The first-order valence-electron chi connectivity index (χ1n) is 3.65. The van der Waals surface area contributed by atoms with Gasteiger partial charge < -0.3 is 0 Å². The van der Waals surface area contributed by atoms with Gasteiger partial charge in [0.15, 0.2) is 0 Å². The first kappa shape index (κ1) is 9.68. The Morgan fingerprint density at radius 3 is 2.38 bits per heavy atom. The van der Waals surface area contributed by atoms with Crippen LogP contribution < -0.4 is 0 Å². The van der Waals surface area contributed by atoms with Crippen molar-refractivity contribution >= 4 is 30.0 Å². The van der Waals surface area contributed by atoms with Gasteiger partial charge >= 0.3 is 0 Å². The lowest BCUT2D eigenvalue weighted by molar-refractivity contribution is -0.110. The number of rotatable bonds is 0. The minimum atomic E-state index is -0.436. The molecule has 13 heavy (non-hydrogen) atoms. The number of halogens is 1. The second-order valence-electron chi connectivity index (χ2n) is 2.61. The smallest absolute Gasteiger partial charge is 0.233 e. The first-order valence-corrected chi connectivity index (χ1v) is 3.65. The van der Waals surface area contributed by atoms with Crippen molar-refractivity contribution in [3.63, 3.8) is 0 Å². The molecule has 0 bridgehead atoms. The molecule has 0 spiro atoms. The lowest BCUT2D eigenvalue weighted by atomic mass is 9.96. The molecule has 2 nitrogen and oxygen atoms in total. The molecule has 1 aromatic carbocycles. The highest BCUT2D eigenvalue weighted by Crippen LogP contribution is 2.16. The Morgan fingerprint density at radius 2 is 1.62 bits per heavy atom. The fourth-order valence-corrected chi connectivity index (χ4v) is 1.22. The average Bonchev–Trinajstić information content (AvgIpc) is 2.12. The minimum Gasteiger partial charge on any atom is -0.286 e. The van der Waals surface area contributed by atoms with E-state index in [9.17, 15) is 9.59 Å². The van der Waals surface area contributed by atoms with Crippen molar-refractivity contribution in [1.29, 1.82) is 0 Å². The molecule has 2 rings (SSSR count). The van der Waals surface area contributed by atoms with Crippen LogP contribution in [0.25, 0.3) is 6.08 Å². The van der Waals surface area contributed by atoms with E-state index in [1.54, 1.807) is 18.2 Å². The summed E-state index contributed by atoms with van der Waals surface area (Å²) < 4.78 is 0. The van der Waals surface area contributed by atoms with E-state index in [1.165, 1.54) is 6.08 Å². The number of carbonyl (C=O) groups is 2. The highest BCUT2D eigenvalue weighted by molar-refractivity contribution is 6.49. The van der Waals surface area contributed by atoms with Gasteiger partial charge in [-0.3, -0.25) is 9.59 Å². The molecule has 0 heterocycles. The van der Waals surface area contributed by atoms with Crippen molar-refractivity contribution in [2.45, 2.75) is 0 Å². The van der Waals surface area contributed by atoms with Gasteiger partial charge in [0, 0.05) is 5.56 Å². The molecule has 1 aromatic rings. The number of hydrogen-bond acceptors (Lipinski definition) is 2. The highest BCUT2D eigenvalue weighted by atomic mass is 35.5. The van der Waals surface area contributed by atoms with E-state index in [0.717, 1.165) is 5.56 Å². The third-order valence-electron chi connectivity index (χ3n) is 1.84. The molecular formula is C10H7ClO2. The summed E-state index contributed by atoms with van der Waals surface area (Å²) in [5, 5.41) is 0. The zero-order valence-corrected chi connectivity index (χ0v) is 7.51. The Hall–Kier alpha value is -1.41. The van der Waals surface area contributed by atoms with Gasteiger partial charge in [-0.05, 0) is 11.6 Å². The van der Waals surface area contributed by atoms with Gasteiger partial charge in [-0.15, -0.1) is 12.4 Å². The molecule has 0 amide bonds. The number of hydrogen-bond donors (Lipinski definition) is 0. The van der Waals surface area contributed by atoms with E-state index >= 15 is 0 Å². The number of benzene rings is 1. The third kappa shape index (κ3) is 1.53. The van der Waals surface area contributed by atoms with Crippen LogP contribution in [0.4, 0.5) is 0 Å². The summed E-state index contributed by atoms with van der Waals surface area (Å²) in [5.74, 6) is -0.846. The lowest BCUT2D eigenvalue weighted by Crippen LogP contribution is -2.15. The van der Waals surface area contributed by atoms with Gasteiger partial charge in [0.05, 0.1) is 0 Å². The molecule has 66 valence electrons. The largest absolute Gasteiger partial charge is 0.286 e. The maximum atomic E-state index is 11.2. The quantitative estimate of drug-likeness (QED) is 0.591. The summed E-state index contributed by atoms with van der Waals surface area (Å²) in [6.07, 6.45) is 2.98. The zero-order valence-electron chi connectivity index (χ0n) is 6.69. The van der Waals surface area contributed by atoms with Crippen LogP contribution in [0.2, 0.25) is 0 Å². The summed E-state index contributed by atoms with van der Waals surface area (Å²) in [4.78, 5) is 22.1. The molecule has 0 aromatic heterocycles. The third-order valence-corrected chi connectivity index (χ3v) is 1.84. The van der Waals surface area contributed by atoms with E-state index in [1.807, 2.05) is 12.1 Å². The standard InChI is InChI=1S/C10H6O2.ClH/c11-9-6-5-7-3-1-2-4-8(7)10(9)12;/h1-6H;1H. The van der Waals surface area contributed by atoms with Crippen molar-refractivity contribution < 1.29 is 9.59 Å². The second-order valence-corrected chi connectivity index (χ2v) is 2.61. The Morgan fingerprint density at radius 1 is 0.923 bits per heavy atom. The van der Waals surface area contributed by atoms with Gasteiger partial charge in [-0.2, -0.15) is 0 Å². The van der Waals surface area contributed by atoms with Gasteiger partial charge in [-0.1, -0.05) is 30.3 Å². The minimum absolute atomic E-state index is 0. The molecular weight excluding hydrogens is 188 g/mol. The molecule has 0 radical (unpaired) electrons. The normalized spacial score (nSPS) is 13.5. The highest BCUT2D eigenvalue weighted by Gasteiger charge is 2.19. The Balaban J connectivity index is 0.000000845. The maximum Gasteiger partial charge on any atom is 0.233 e.